The molecule has 1 amide bonds. The molecule has 0 radical (unpaired) electrons. The molecule has 2 heterocycles. The van der Waals surface area contributed by atoms with Gasteiger partial charge in [0.2, 0.25) is 0 Å². The highest BCUT2D eigenvalue weighted by molar-refractivity contribution is 7.12. The zero-order valence-electron chi connectivity index (χ0n) is 13.4. The van der Waals surface area contributed by atoms with Gasteiger partial charge in [0.05, 0.1) is 4.88 Å². The molecule has 1 aliphatic heterocycles. The van der Waals surface area contributed by atoms with Crippen molar-refractivity contribution in [2.24, 2.45) is 5.92 Å². The Bertz CT molecular complexity index is 652. The largest absolute Gasteiger partial charge is 0.335 e. The van der Waals surface area contributed by atoms with E-state index in [9.17, 15) is 4.79 Å². The van der Waals surface area contributed by atoms with Crippen LogP contribution in [0.1, 0.15) is 53.3 Å². The van der Waals surface area contributed by atoms with Crippen molar-refractivity contribution in [3.63, 3.8) is 0 Å². The summed E-state index contributed by atoms with van der Waals surface area (Å²) in [7, 11) is 0. The first kappa shape index (κ1) is 14.9. The second-order valence-corrected chi connectivity index (χ2v) is 7.75. The van der Waals surface area contributed by atoms with Gasteiger partial charge in [-0.15, -0.1) is 11.3 Å². The van der Waals surface area contributed by atoms with Crippen molar-refractivity contribution >= 4 is 17.2 Å². The number of piperidine rings is 1. The van der Waals surface area contributed by atoms with Gasteiger partial charge in [0, 0.05) is 12.6 Å². The smallest absolute Gasteiger partial charge is 0.264 e. The molecule has 2 aliphatic rings. The van der Waals surface area contributed by atoms with Gasteiger partial charge in [0.15, 0.2) is 0 Å². The molecule has 2 fully saturated rings. The maximum absolute atomic E-state index is 12.9. The van der Waals surface area contributed by atoms with E-state index in [-0.39, 0.29) is 5.91 Å². The van der Waals surface area contributed by atoms with Crippen LogP contribution in [0.5, 0.6) is 0 Å². The van der Waals surface area contributed by atoms with Gasteiger partial charge in [-0.1, -0.05) is 49.2 Å². The summed E-state index contributed by atoms with van der Waals surface area (Å²) in [6, 6.07) is 15.3. The molecule has 1 aromatic heterocycles. The summed E-state index contributed by atoms with van der Waals surface area (Å²) in [5.41, 5.74) is 1.47. The van der Waals surface area contributed by atoms with Crippen LogP contribution < -0.4 is 0 Å². The zero-order valence-corrected chi connectivity index (χ0v) is 14.2. The Morgan fingerprint density at radius 2 is 1.83 bits per heavy atom. The first-order valence-corrected chi connectivity index (χ1v) is 9.62. The van der Waals surface area contributed by atoms with Crippen molar-refractivity contribution in [3.05, 3.63) is 58.3 Å². The number of rotatable bonds is 2. The summed E-state index contributed by atoms with van der Waals surface area (Å²) in [4.78, 5) is 16.0. The van der Waals surface area contributed by atoms with Crippen LogP contribution in [0.2, 0.25) is 0 Å². The normalized spacial score (nSPS) is 27.5. The Kier molecular flexibility index (Phi) is 4.21. The van der Waals surface area contributed by atoms with Crippen LogP contribution in [0.4, 0.5) is 0 Å². The second kappa shape index (κ2) is 6.48. The van der Waals surface area contributed by atoms with Crippen LogP contribution in [0, 0.1) is 5.92 Å². The summed E-state index contributed by atoms with van der Waals surface area (Å²) < 4.78 is 0. The Morgan fingerprint density at radius 3 is 2.61 bits per heavy atom. The van der Waals surface area contributed by atoms with Crippen molar-refractivity contribution in [1.82, 2.24) is 4.90 Å². The fraction of sp³-hybridized carbons (Fsp3) is 0.450. The van der Waals surface area contributed by atoms with Crippen LogP contribution in [-0.2, 0) is 0 Å². The van der Waals surface area contributed by atoms with Gasteiger partial charge < -0.3 is 4.90 Å². The Balaban J connectivity index is 1.60. The topological polar surface area (TPSA) is 20.3 Å². The molecule has 0 spiro atoms. The van der Waals surface area contributed by atoms with E-state index in [0.29, 0.717) is 17.9 Å². The van der Waals surface area contributed by atoms with Gasteiger partial charge in [-0.25, -0.2) is 0 Å². The maximum atomic E-state index is 12.9. The summed E-state index contributed by atoms with van der Waals surface area (Å²) >= 11 is 1.57. The third-order valence-corrected chi connectivity index (χ3v) is 6.46. The number of nitrogens with zero attached hydrogens (tertiary/aromatic N) is 1. The average molecular weight is 325 g/mol. The monoisotopic (exact) mass is 325 g/mol. The van der Waals surface area contributed by atoms with E-state index in [0.717, 1.165) is 17.8 Å². The number of carbonyl (C=O) groups is 1. The van der Waals surface area contributed by atoms with Crippen molar-refractivity contribution in [2.45, 2.75) is 44.1 Å². The number of hydrogen-bond donors (Lipinski definition) is 0. The number of amides is 1. The molecule has 0 N–H and O–H groups in total. The Morgan fingerprint density at radius 1 is 1.00 bits per heavy atom. The fourth-order valence-corrected chi connectivity index (χ4v) is 5.24. The van der Waals surface area contributed by atoms with Gasteiger partial charge >= 0.3 is 0 Å². The highest BCUT2D eigenvalue weighted by Crippen LogP contribution is 2.44. The molecule has 1 saturated carbocycles. The predicted molar refractivity (Wildman–Crippen MR) is 94.9 cm³/mol. The van der Waals surface area contributed by atoms with E-state index in [1.807, 2.05) is 17.5 Å². The molecule has 2 nitrogen and oxygen atoms in total. The number of likely N-dealkylation sites (tertiary alicyclic amines) is 1. The highest BCUT2D eigenvalue weighted by atomic mass is 32.1. The molecule has 1 aromatic carbocycles. The van der Waals surface area contributed by atoms with Crippen molar-refractivity contribution in [2.75, 3.05) is 6.54 Å². The van der Waals surface area contributed by atoms with Crippen molar-refractivity contribution < 1.29 is 4.79 Å². The molecule has 1 saturated heterocycles. The molecule has 3 atom stereocenters. The quantitative estimate of drug-likeness (QED) is 0.766. The molecular weight excluding hydrogens is 302 g/mol. The lowest BCUT2D eigenvalue weighted by atomic mass is 9.69. The van der Waals surface area contributed by atoms with Gasteiger partial charge in [-0.3, -0.25) is 4.79 Å². The lowest BCUT2D eigenvalue weighted by Crippen LogP contribution is -2.52. The van der Waals surface area contributed by atoms with Crippen LogP contribution in [-0.4, -0.2) is 23.4 Å². The number of benzene rings is 1. The Hall–Kier alpha value is -1.61. The van der Waals surface area contributed by atoms with Gasteiger partial charge in [0.1, 0.15) is 0 Å². The number of fused-ring (bicyclic) bond motifs is 1. The second-order valence-electron chi connectivity index (χ2n) is 6.80. The molecule has 23 heavy (non-hydrogen) atoms. The minimum absolute atomic E-state index is 0.253. The molecule has 0 bridgehead atoms. The summed E-state index contributed by atoms with van der Waals surface area (Å²) in [6.07, 6.45) is 6.11. The van der Waals surface area contributed by atoms with Crippen LogP contribution in [0.25, 0.3) is 0 Å². The van der Waals surface area contributed by atoms with E-state index >= 15 is 0 Å². The fourth-order valence-electron chi connectivity index (χ4n) is 4.56. The third-order valence-electron chi connectivity index (χ3n) is 5.60. The van der Waals surface area contributed by atoms with Gasteiger partial charge in [-0.05, 0) is 48.1 Å². The van der Waals surface area contributed by atoms with Crippen molar-refractivity contribution in [1.29, 1.82) is 0 Å². The molecular formula is C20H23NOS. The van der Waals surface area contributed by atoms with Crippen LogP contribution in [0.15, 0.2) is 47.8 Å². The predicted octanol–water partition coefficient (Wildman–Crippen LogP) is 4.94. The van der Waals surface area contributed by atoms with E-state index in [1.54, 1.807) is 11.3 Å². The SMILES string of the molecule is O=C(c1cccs1)N1CC[C@@H](c2ccccc2)[C@@H]2CCCC[C@@H]21. The molecule has 3 heteroatoms. The summed E-state index contributed by atoms with van der Waals surface area (Å²) in [5.74, 6) is 1.50. The lowest BCUT2D eigenvalue weighted by molar-refractivity contribution is 0.0323. The minimum atomic E-state index is 0.253. The molecule has 1 aliphatic carbocycles. The summed E-state index contributed by atoms with van der Waals surface area (Å²) in [6.45, 7) is 0.900. The minimum Gasteiger partial charge on any atom is -0.335 e. The standard InChI is InChI=1S/C20H23NOS/c22-20(19-11-6-14-23-19)21-13-12-16(15-7-2-1-3-8-15)17-9-4-5-10-18(17)21/h1-3,6-8,11,14,16-18H,4-5,9-10,12-13H2/t16-,17-,18-/m0/s1. The Labute approximate surface area is 142 Å². The first-order valence-electron chi connectivity index (χ1n) is 8.74. The third kappa shape index (κ3) is 2.83. The molecule has 120 valence electrons. The van der Waals surface area contributed by atoms with Gasteiger partial charge in [0.25, 0.3) is 5.91 Å². The maximum Gasteiger partial charge on any atom is 0.264 e. The molecule has 2 aromatic rings. The lowest BCUT2D eigenvalue weighted by Gasteiger charge is -2.48. The number of hydrogen-bond acceptors (Lipinski definition) is 2. The summed E-state index contributed by atoms with van der Waals surface area (Å²) in [5, 5.41) is 2.00. The number of carbonyl (C=O) groups excluding carboxylic acids is 1. The highest BCUT2D eigenvalue weighted by Gasteiger charge is 2.41. The van der Waals surface area contributed by atoms with Crippen molar-refractivity contribution in [3.8, 4) is 0 Å². The van der Waals surface area contributed by atoms with Crippen LogP contribution in [0.3, 0.4) is 0 Å². The van der Waals surface area contributed by atoms with Crippen LogP contribution >= 0.6 is 11.3 Å². The first-order chi connectivity index (χ1) is 11.3. The molecule has 0 unspecified atom stereocenters. The van der Waals surface area contributed by atoms with Gasteiger partial charge in [-0.2, -0.15) is 0 Å². The van der Waals surface area contributed by atoms with E-state index in [1.165, 1.54) is 31.2 Å². The van der Waals surface area contributed by atoms with E-state index < -0.39 is 0 Å². The zero-order chi connectivity index (χ0) is 15.6. The number of thiophene rings is 1. The van der Waals surface area contributed by atoms with E-state index in [4.69, 9.17) is 0 Å². The average Bonchev–Trinajstić information content (AvgIpc) is 3.15. The molecule has 4 rings (SSSR count). The van der Waals surface area contributed by atoms with E-state index in [2.05, 4.69) is 35.2 Å².